The third-order valence-corrected chi connectivity index (χ3v) is 3.13. The summed E-state index contributed by atoms with van der Waals surface area (Å²) in [6.45, 7) is 6.68. The molecule has 2 N–H and O–H groups in total. The molecule has 1 unspecified atom stereocenters. The van der Waals surface area contributed by atoms with E-state index in [9.17, 15) is 9.90 Å². The summed E-state index contributed by atoms with van der Waals surface area (Å²) in [7, 11) is 0. The van der Waals surface area contributed by atoms with Crippen molar-refractivity contribution in [3.63, 3.8) is 0 Å². The minimum Gasteiger partial charge on any atom is -0.492 e. The Morgan fingerprint density at radius 3 is 2.53 bits per heavy atom. The van der Waals surface area contributed by atoms with Crippen molar-refractivity contribution in [2.75, 3.05) is 13.2 Å². The topological polar surface area (TPSA) is 58.6 Å². The molecule has 1 atom stereocenters. The summed E-state index contributed by atoms with van der Waals surface area (Å²) < 4.78 is 5.56. The number of ether oxygens (including phenoxy) is 1. The van der Waals surface area contributed by atoms with Crippen LogP contribution in [0, 0.1) is 6.92 Å². The second-order valence-corrected chi connectivity index (χ2v) is 4.98. The maximum Gasteiger partial charge on any atom is 0.323 e. The number of rotatable bonds is 8. The highest BCUT2D eigenvalue weighted by molar-refractivity contribution is 5.78. The number of nitrogens with one attached hydrogen (secondary N) is 1. The van der Waals surface area contributed by atoms with Gasteiger partial charge in [0, 0.05) is 6.54 Å². The fourth-order valence-corrected chi connectivity index (χ4v) is 1.90. The van der Waals surface area contributed by atoms with Gasteiger partial charge in [-0.1, -0.05) is 31.0 Å². The van der Waals surface area contributed by atoms with Crippen molar-refractivity contribution >= 4 is 5.97 Å². The van der Waals surface area contributed by atoms with Crippen LogP contribution in [0.4, 0.5) is 0 Å². The molecule has 4 nitrogen and oxygen atoms in total. The quantitative estimate of drug-likeness (QED) is 0.709. The first kappa shape index (κ1) is 15.5. The number of carboxylic acids is 1. The van der Waals surface area contributed by atoms with Crippen LogP contribution in [0.2, 0.25) is 0 Å². The van der Waals surface area contributed by atoms with Crippen molar-refractivity contribution in [1.82, 2.24) is 5.32 Å². The van der Waals surface area contributed by atoms with Crippen molar-refractivity contribution in [3.8, 4) is 5.75 Å². The number of carbonyl (C=O) groups is 1. The molecule has 1 aromatic carbocycles. The zero-order valence-electron chi connectivity index (χ0n) is 11.9. The van der Waals surface area contributed by atoms with Gasteiger partial charge in [-0.15, -0.1) is 0 Å². The predicted molar refractivity (Wildman–Crippen MR) is 75.6 cm³/mol. The van der Waals surface area contributed by atoms with Crippen LogP contribution in [-0.4, -0.2) is 29.8 Å². The molecule has 0 fully saturated rings. The molecule has 0 saturated heterocycles. The van der Waals surface area contributed by atoms with E-state index in [4.69, 9.17) is 4.74 Å². The lowest BCUT2D eigenvalue weighted by Gasteiger charge is -2.25. The van der Waals surface area contributed by atoms with Crippen LogP contribution < -0.4 is 10.1 Å². The van der Waals surface area contributed by atoms with Gasteiger partial charge < -0.3 is 9.84 Å². The Bertz CT molecular complexity index is 402. The third-order valence-electron chi connectivity index (χ3n) is 3.13. The van der Waals surface area contributed by atoms with Gasteiger partial charge in [-0.3, -0.25) is 10.1 Å². The van der Waals surface area contributed by atoms with Crippen LogP contribution in [0.5, 0.6) is 5.75 Å². The van der Waals surface area contributed by atoms with Crippen molar-refractivity contribution in [3.05, 3.63) is 29.8 Å². The highest BCUT2D eigenvalue weighted by Gasteiger charge is 2.30. The van der Waals surface area contributed by atoms with Crippen LogP contribution in [0.3, 0.4) is 0 Å². The molecular formula is C15H23NO3. The second-order valence-electron chi connectivity index (χ2n) is 4.98. The van der Waals surface area contributed by atoms with E-state index in [-0.39, 0.29) is 0 Å². The van der Waals surface area contributed by atoms with Gasteiger partial charge in [0.1, 0.15) is 17.9 Å². The molecule has 0 amide bonds. The molecule has 0 heterocycles. The summed E-state index contributed by atoms with van der Waals surface area (Å²) >= 11 is 0. The fraction of sp³-hybridized carbons (Fsp3) is 0.533. The standard InChI is InChI=1S/C15H23NO3/c1-4-9-15(3,14(17)18)16-10-11-19-13-7-5-12(2)6-8-13/h5-8,16H,4,9-11H2,1-3H3,(H,17,18). The van der Waals surface area contributed by atoms with Gasteiger partial charge in [0.15, 0.2) is 0 Å². The lowest BCUT2D eigenvalue weighted by molar-refractivity contribution is -0.144. The summed E-state index contributed by atoms with van der Waals surface area (Å²) in [5, 5.41) is 12.3. The SMILES string of the molecule is CCCC(C)(NCCOc1ccc(C)cc1)C(=O)O. The minimum absolute atomic E-state index is 0.454. The van der Waals surface area contributed by atoms with E-state index in [0.717, 1.165) is 12.2 Å². The first-order valence-electron chi connectivity index (χ1n) is 6.66. The molecule has 1 aromatic rings. The highest BCUT2D eigenvalue weighted by atomic mass is 16.5. The molecule has 0 aliphatic rings. The van der Waals surface area contributed by atoms with Gasteiger partial charge in [0.05, 0.1) is 0 Å². The summed E-state index contributed by atoms with van der Waals surface area (Å²) in [5.74, 6) is -0.00962. The number of benzene rings is 1. The monoisotopic (exact) mass is 265 g/mol. The summed E-state index contributed by atoms with van der Waals surface area (Å²) in [6.07, 6.45) is 1.43. The van der Waals surface area contributed by atoms with E-state index < -0.39 is 11.5 Å². The van der Waals surface area contributed by atoms with E-state index in [1.807, 2.05) is 38.1 Å². The Labute approximate surface area is 114 Å². The van der Waals surface area contributed by atoms with E-state index in [2.05, 4.69) is 5.32 Å². The normalized spacial score (nSPS) is 13.8. The second kappa shape index (κ2) is 7.14. The van der Waals surface area contributed by atoms with Gasteiger partial charge in [0.25, 0.3) is 0 Å². The van der Waals surface area contributed by atoms with Crippen LogP contribution in [-0.2, 0) is 4.79 Å². The minimum atomic E-state index is -0.870. The van der Waals surface area contributed by atoms with Crippen molar-refractivity contribution in [2.24, 2.45) is 0 Å². The summed E-state index contributed by atoms with van der Waals surface area (Å²) in [6, 6.07) is 7.80. The number of hydrogen-bond donors (Lipinski definition) is 2. The molecule has 0 saturated carbocycles. The molecule has 106 valence electrons. The van der Waals surface area contributed by atoms with Crippen molar-refractivity contribution < 1.29 is 14.6 Å². The van der Waals surface area contributed by atoms with Gasteiger partial charge in [0.2, 0.25) is 0 Å². The number of carboxylic acid groups (broad SMARTS) is 1. The molecule has 0 aliphatic carbocycles. The molecule has 0 aliphatic heterocycles. The van der Waals surface area contributed by atoms with Crippen molar-refractivity contribution in [2.45, 2.75) is 39.2 Å². The van der Waals surface area contributed by atoms with Crippen LogP contribution in [0.1, 0.15) is 32.3 Å². The maximum atomic E-state index is 11.2. The molecule has 0 bridgehead atoms. The smallest absolute Gasteiger partial charge is 0.323 e. The van der Waals surface area contributed by atoms with Crippen molar-refractivity contribution in [1.29, 1.82) is 0 Å². The molecule has 0 radical (unpaired) electrons. The van der Waals surface area contributed by atoms with Gasteiger partial charge >= 0.3 is 5.97 Å². The molecule has 19 heavy (non-hydrogen) atoms. The van der Waals surface area contributed by atoms with E-state index in [0.29, 0.717) is 19.6 Å². The molecule has 0 aromatic heterocycles. The number of aliphatic carboxylic acids is 1. The number of aryl methyl sites for hydroxylation is 1. The molecule has 1 rings (SSSR count). The highest BCUT2D eigenvalue weighted by Crippen LogP contribution is 2.13. The lowest BCUT2D eigenvalue weighted by Crippen LogP contribution is -2.50. The Hall–Kier alpha value is -1.55. The Morgan fingerprint density at radius 1 is 1.37 bits per heavy atom. The predicted octanol–water partition coefficient (Wildman–Crippen LogP) is 2.61. The largest absolute Gasteiger partial charge is 0.492 e. The van der Waals surface area contributed by atoms with Crippen LogP contribution in [0.25, 0.3) is 0 Å². The van der Waals surface area contributed by atoms with Gasteiger partial charge in [-0.25, -0.2) is 0 Å². The zero-order chi connectivity index (χ0) is 14.3. The van der Waals surface area contributed by atoms with Crippen LogP contribution in [0.15, 0.2) is 24.3 Å². The summed E-state index contributed by atoms with van der Waals surface area (Å²) in [4.78, 5) is 11.2. The van der Waals surface area contributed by atoms with Crippen LogP contribution >= 0.6 is 0 Å². The first-order valence-corrected chi connectivity index (χ1v) is 6.66. The van der Waals surface area contributed by atoms with E-state index in [1.54, 1.807) is 6.92 Å². The lowest BCUT2D eigenvalue weighted by atomic mass is 9.96. The van der Waals surface area contributed by atoms with E-state index in [1.165, 1.54) is 5.56 Å². The van der Waals surface area contributed by atoms with Gasteiger partial charge in [-0.05, 0) is 32.4 Å². The Balaban J connectivity index is 2.36. The number of hydrogen-bond acceptors (Lipinski definition) is 3. The third kappa shape index (κ3) is 4.91. The van der Waals surface area contributed by atoms with E-state index >= 15 is 0 Å². The fourth-order valence-electron chi connectivity index (χ4n) is 1.90. The van der Waals surface area contributed by atoms with Gasteiger partial charge in [-0.2, -0.15) is 0 Å². The average molecular weight is 265 g/mol. The maximum absolute atomic E-state index is 11.2. The summed E-state index contributed by atoms with van der Waals surface area (Å²) in [5.41, 5.74) is 0.317. The molecule has 0 spiro atoms. The first-order chi connectivity index (χ1) is 8.98. The Kier molecular flexibility index (Phi) is 5.83. The average Bonchev–Trinajstić information content (AvgIpc) is 2.37. The molecule has 4 heteroatoms. The Morgan fingerprint density at radius 2 is 2.00 bits per heavy atom. The molecular weight excluding hydrogens is 242 g/mol. The zero-order valence-corrected chi connectivity index (χ0v) is 11.9.